The molecule has 0 aromatic rings. The number of ketones is 1. The van der Waals surface area contributed by atoms with E-state index in [4.69, 9.17) is 4.74 Å². The van der Waals surface area contributed by atoms with E-state index in [1.54, 1.807) is 0 Å². The third-order valence-electron chi connectivity index (χ3n) is 8.32. The lowest BCUT2D eigenvalue weighted by Crippen LogP contribution is -2.50. The van der Waals surface area contributed by atoms with E-state index in [-0.39, 0.29) is 22.9 Å². The molecule has 3 heteroatoms. The van der Waals surface area contributed by atoms with Crippen LogP contribution < -0.4 is 0 Å². The molecule has 5 rings (SSSR count). The second-order valence-corrected chi connectivity index (χ2v) is 8.98. The first kappa shape index (κ1) is 14.2. The predicted octanol–water partition coefficient (Wildman–Crippen LogP) is 3.81. The summed E-state index contributed by atoms with van der Waals surface area (Å²) in [6.45, 7) is 2.42. The van der Waals surface area contributed by atoms with Crippen LogP contribution in [0.4, 0.5) is 0 Å². The molecule has 1 aliphatic heterocycles. The molecule has 3 nitrogen and oxygen atoms in total. The zero-order chi connectivity index (χ0) is 15.8. The molecule has 124 valence electrons. The summed E-state index contributed by atoms with van der Waals surface area (Å²) in [5.41, 5.74) is 1.82. The quantitative estimate of drug-likeness (QED) is 0.504. The van der Waals surface area contributed by atoms with Gasteiger partial charge in [0.05, 0.1) is 6.42 Å². The molecule has 4 aliphatic carbocycles. The number of esters is 1. The lowest BCUT2D eigenvalue weighted by molar-refractivity contribution is -0.141. The summed E-state index contributed by atoms with van der Waals surface area (Å²) in [4.78, 5) is 23.8. The van der Waals surface area contributed by atoms with Crippen molar-refractivity contribution in [1.82, 2.24) is 0 Å². The summed E-state index contributed by atoms with van der Waals surface area (Å²) in [5.74, 6) is 2.53. The van der Waals surface area contributed by atoms with Gasteiger partial charge in [0.25, 0.3) is 0 Å². The van der Waals surface area contributed by atoms with E-state index in [0.717, 1.165) is 32.1 Å². The maximum Gasteiger partial charge on any atom is 0.306 e. The summed E-state index contributed by atoms with van der Waals surface area (Å²) in [7, 11) is 0. The smallest absolute Gasteiger partial charge is 0.306 e. The zero-order valence-electron chi connectivity index (χ0n) is 14.0. The van der Waals surface area contributed by atoms with Crippen LogP contribution in [0.3, 0.4) is 0 Å². The molecule has 4 fully saturated rings. The Bertz CT molecular complexity index is 620. The van der Waals surface area contributed by atoms with Gasteiger partial charge in [-0.25, -0.2) is 0 Å². The fourth-order valence-electron chi connectivity index (χ4n) is 7.22. The Morgan fingerprint density at radius 3 is 2.87 bits per heavy atom. The minimum atomic E-state index is 0.0414. The van der Waals surface area contributed by atoms with Crippen LogP contribution in [0.2, 0.25) is 0 Å². The fourth-order valence-corrected chi connectivity index (χ4v) is 7.22. The van der Waals surface area contributed by atoms with Gasteiger partial charge in [0.15, 0.2) is 0 Å². The second-order valence-electron chi connectivity index (χ2n) is 8.98. The highest BCUT2D eigenvalue weighted by molar-refractivity contribution is 5.82. The number of fused-ring (bicyclic) bond motifs is 4. The topological polar surface area (TPSA) is 43.4 Å². The molecule has 3 saturated carbocycles. The molecule has 0 radical (unpaired) electrons. The number of hydrogen-bond donors (Lipinski definition) is 0. The van der Waals surface area contributed by atoms with Crippen molar-refractivity contribution < 1.29 is 14.3 Å². The molecular weight excluding hydrogens is 288 g/mol. The number of rotatable bonds is 0. The summed E-state index contributed by atoms with van der Waals surface area (Å²) < 4.78 is 5.67. The third kappa shape index (κ3) is 1.71. The average molecular weight is 314 g/mol. The molecule has 6 atom stereocenters. The Kier molecular flexibility index (Phi) is 2.78. The van der Waals surface area contributed by atoms with Gasteiger partial charge in [0.1, 0.15) is 11.9 Å². The van der Waals surface area contributed by atoms with Crippen molar-refractivity contribution in [3.05, 3.63) is 11.6 Å². The summed E-state index contributed by atoms with van der Waals surface area (Å²) in [6.07, 6.45) is 11.6. The largest absolute Gasteiger partial charge is 0.462 e. The zero-order valence-corrected chi connectivity index (χ0v) is 14.0. The van der Waals surface area contributed by atoms with Gasteiger partial charge in [-0.05, 0) is 61.7 Å². The maximum atomic E-state index is 11.9. The summed E-state index contributed by atoms with van der Waals surface area (Å²) in [6, 6.07) is 0. The first-order valence-corrected chi connectivity index (χ1v) is 9.44. The first-order chi connectivity index (χ1) is 11.0. The second kappa shape index (κ2) is 4.49. The van der Waals surface area contributed by atoms with Crippen molar-refractivity contribution in [2.24, 2.45) is 28.6 Å². The van der Waals surface area contributed by atoms with Crippen LogP contribution in [0.25, 0.3) is 0 Å². The lowest BCUT2D eigenvalue weighted by atomic mass is 9.47. The van der Waals surface area contributed by atoms with Crippen LogP contribution in [0, 0.1) is 28.6 Å². The van der Waals surface area contributed by atoms with Crippen molar-refractivity contribution >= 4 is 11.8 Å². The molecule has 5 aliphatic rings. The molecule has 3 unspecified atom stereocenters. The van der Waals surface area contributed by atoms with E-state index in [2.05, 4.69) is 13.0 Å². The summed E-state index contributed by atoms with van der Waals surface area (Å²) in [5, 5.41) is 0. The van der Waals surface area contributed by atoms with Gasteiger partial charge in [-0.1, -0.05) is 18.6 Å². The molecule has 0 bridgehead atoms. The van der Waals surface area contributed by atoms with Crippen molar-refractivity contribution in [2.75, 3.05) is 0 Å². The standard InChI is InChI=1S/C20H26O3/c1-19-8-6-13(21)10-12(19)2-3-14-15(19)7-9-20-11-18(22)23-17(20)5-4-16(14)20/h2,14-17H,3-11H2,1H3/t14?,15?,16?,17-,19-,20+/m0/s1. The van der Waals surface area contributed by atoms with Crippen LogP contribution in [-0.2, 0) is 14.3 Å². The fraction of sp³-hybridized carbons (Fsp3) is 0.800. The van der Waals surface area contributed by atoms with E-state index < -0.39 is 0 Å². The number of ether oxygens (including phenoxy) is 1. The Morgan fingerprint density at radius 2 is 2.00 bits per heavy atom. The number of hydrogen-bond acceptors (Lipinski definition) is 3. The van der Waals surface area contributed by atoms with Crippen LogP contribution in [0.15, 0.2) is 11.6 Å². The highest BCUT2D eigenvalue weighted by Crippen LogP contribution is 2.67. The Labute approximate surface area is 137 Å². The molecule has 1 heterocycles. The molecule has 0 amide bonds. The van der Waals surface area contributed by atoms with Gasteiger partial charge in [-0.15, -0.1) is 0 Å². The average Bonchev–Trinajstić information content (AvgIpc) is 3.00. The van der Waals surface area contributed by atoms with Crippen molar-refractivity contribution in [3.8, 4) is 0 Å². The van der Waals surface area contributed by atoms with Crippen LogP contribution in [0.5, 0.6) is 0 Å². The number of Topliss-reactive ketones (excluding diaryl/α,β-unsaturated/α-hetero) is 1. The molecule has 0 aromatic heterocycles. The molecule has 0 aromatic carbocycles. The highest BCUT2D eigenvalue weighted by Gasteiger charge is 2.64. The van der Waals surface area contributed by atoms with E-state index in [0.29, 0.717) is 36.4 Å². The van der Waals surface area contributed by atoms with E-state index >= 15 is 0 Å². The van der Waals surface area contributed by atoms with Crippen molar-refractivity contribution in [3.63, 3.8) is 0 Å². The molecule has 0 N–H and O–H groups in total. The third-order valence-corrected chi connectivity index (χ3v) is 8.32. The van der Waals surface area contributed by atoms with E-state index in [1.807, 2.05) is 0 Å². The Hall–Kier alpha value is -1.12. The minimum Gasteiger partial charge on any atom is -0.462 e. The van der Waals surface area contributed by atoms with Crippen LogP contribution in [0.1, 0.15) is 64.7 Å². The molecule has 23 heavy (non-hydrogen) atoms. The monoisotopic (exact) mass is 314 g/mol. The van der Waals surface area contributed by atoms with Gasteiger partial charge < -0.3 is 4.74 Å². The van der Waals surface area contributed by atoms with Gasteiger partial charge >= 0.3 is 5.97 Å². The Balaban J connectivity index is 1.51. The normalized spacial score (nSPS) is 51.3. The van der Waals surface area contributed by atoms with Crippen molar-refractivity contribution in [1.29, 1.82) is 0 Å². The SMILES string of the molecule is C[C@]12CCC(=O)CC1=CCC1C3CC[C@@H]4OC(=O)C[C@]34CCC12. The number of allylic oxidation sites excluding steroid dienone is 2. The maximum absolute atomic E-state index is 11.9. The van der Waals surface area contributed by atoms with Crippen LogP contribution >= 0.6 is 0 Å². The van der Waals surface area contributed by atoms with E-state index in [1.165, 1.54) is 18.4 Å². The highest BCUT2D eigenvalue weighted by atomic mass is 16.6. The van der Waals surface area contributed by atoms with Gasteiger partial charge in [0, 0.05) is 18.3 Å². The Morgan fingerprint density at radius 1 is 1.13 bits per heavy atom. The van der Waals surface area contributed by atoms with Gasteiger partial charge in [-0.2, -0.15) is 0 Å². The van der Waals surface area contributed by atoms with Crippen molar-refractivity contribution in [2.45, 2.75) is 70.8 Å². The van der Waals surface area contributed by atoms with Gasteiger partial charge in [-0.3, -0.25) is 9.59 Å². The molecule has 1 saturated heterocycles. The van der Waals surface area contributed by atoms with Crippen LogP contribution in [-0.4, -0.2) is 17.9 Å². The van der Waals surface area contributed by atoms with Gasteiger partial charge in [0.2, 0.25) is 0 Å². The molecular formula is C20H26O3. The summed E-state index contributed by atoms with van der Waals surface area (Å²) >= 11 is 0. The lowest BCUT2D eigenvalue weighted by Gasteiger charge is -2.56. The number of carbonyl (C=O) groups is 2. The predicted molar refractivity (Wildman–Crippen MR) is 85.5 cm³/mol. The molecule has 1 spiro atoms. The van der Waals surface area contributed by atoms with E-state index in [9.17, 15) is 9.59 Å². The first-order valence-electron chi connectivity index (χ1n) is 9.44. The minimum absolute atomic E-state index is 0.0414. The number of carbonyl (C=O) groups excluding carboxylic acids is 2.